The average molecular weight is 229 g/mol. The van der Waals surface area contributed by atoms with E-state index >= 15 is 0 Å². The Hall–Kier alpha value is -2.04. The van der Waals surface area contributed by atoms with Crippen molar-refractivity contribution in [3.8, 4) is 17.9 Å². The minimum atomic E-state index is -0.142. The Bertz CT molecular complexity index is 471. The van der Waals surface area contributed by atoms with Crippen molar-refractivity contribution in [2.24, 2.45) is 0 Å². The largest absolute Gasteiger partial charge is 0.495 e. The first-order valence-corrected chi connectivity index (χ1v) is 5.29. The van der Waals surface area contributed by atoms with Crippen molar-refractivity contribution in [1.82, 2.24) is 4.90 Å². The van der Waals surface area contributed by atoms with Gasteiger partial charge in [0.05, 0.1) is 24.8 Å². The maximum absolute atomic E-state index is 8.87. The molecule has 0 N–H and O–H groups in total. The van der Waals surface area contributed by atoms with Crippen molar-refractivity contribution in [3.63, 3.8) is 0 Å². The lowest BCUT2D eigenvalue weighted by Gasteiger charge is -2.19. The number of ether oxygens (including phenoxy) is 1. The molecule has 0 amide bonds. The molecule has 4 nitrogen and oxygen atoms in total. The molecule has 0 bridgehead atoms. The molecule has 0 aliphatic heterocycles. The smallest absolute Gasteiger partial charge is 0.136 e. The molecule has 0 heterocycles. The number of hydrogen-bond acceptors (Lipinski definition) is 4. The third-order valence-electron chi connectivity index (χ3n) is 2.67. The van der Waals surface area contributed by atoms with E-state index < -0.39 is 0 Å². The van der Waals surface area contributed by atoms with Crippen LogP contribution < -0.4 is 4.74 Å². The molecule has 1 unspecified atom stereocenters. The molecule has 0 saturated carbocycles. The Labute approximate surface area is 102 Å². The lowest BCUT2D eigenvalue weighted by Crippen LogP contribution is -2.26. The number of hydrogen-bond donors (Lipinski definition) is 0. The van der Waals surface area contributed by atoms with E-state index in [4.69, 9.17) is 15.3 Å². The summed E-state index contributed by atoms with van der Waals surface area (Å²) in [6.07, 6.45) is 0. The van der Waals surface area contributed by atoms with Crippen molar-refractivity contribution >= 4 is 0 Å². The van der Waals surface area contributed by atoms with Crippen molar-refractivity contribution in [2.45, 2.75) is 19.5 Å². The van der Waals surface area contributed by atoms with Crippen molar-refractivity contribution in [1.29, 1.82) is 10.5 Å². The predicted octanol–water partition coefficient (Wildman–Crippen LogP) is 1.91. The van der Waals surface area contributed by atoms with E-state index in [-0.39, 0.29) is 6.04 Å². The van der Waals surface area contributed by atoms with E-state index in [1.54, 1.807) is 13.2 Å². The molecule has 0 aliphatic rings. The summed E-state index contributed by atoms with van der Waals surface area (Å²) < 4.78 is 5.14. The van der Waals surface area contributed by atoms with Crippen LogP contribution in [-0.4, -0.2) is 25.1 Å². The van der Waals surface area contributed by atoms with E-state index in [0.29, 0.717) is 17.9 Å². The SMILES string of the molecule is COc1cc(CN(C)C(C)C#N)ccc1C#N. The molecule has 1 aromatic carbocycles. The van der Waals surface area contributed by atoms with E-state index in [1.165, 1.54) is 0 Å². The third-order valence-corrected chi connectivity index (χ3v) is 2.67. The van der Waals surface area contributed by atoms with Crippen LogP contribution in [0.5, 0.6) is 5.75 Å². The summed E-state index contributed by atoms with van der Waals surface area (Å²) in [4.78, 5) is 1.93. The van der Waals surface area contributed by atoms with E-state index in [9.17, 15) is 0 Å². The lowest BCUT2D eigenvalue weighted by atomic mass is 10.1. The van der Waals surface area contributed by atoms with Gasteiger partial charge in [-0.05, 0) is 31.7 Å². The van der Waals surface area contributed by atoms with Crippen LogP contribution in [-0.2, 0) is 6.54 Å². The molecule has 0 radical (unpaired) electrons. The van der Waals surface area contributed by atoms with Crippen LogP contribution in [0, 0.1) is 22.7 Å². The fraction of sp³-hybridized carbons (Fsp3) is 0.385. The highest BCUT2D eigenvalue weighted by Gasteiger charge is 2.10. The minimum Gasteiger partial charge on any atom is -0.495 e. The Morgan fingerprint density at radius 2 is 2.12 bits per heavy atom. The van der Waals surface area contributed by atoms with Crippen LogP contribution in [0.4, 0.5) is 0 Å². The zero-order valence-electron chi connectivity index (χ0n) is 10.3. The second-order valence-corrected chi connectivity index (χ2v) is 3.87. The first-order chi connectivity index (χ1) is 8.12. The van der Waals surface area contributed by atoms with Gasteiger partial charge in [0, 0.05) is 6.54 Å². The summed E-state index contributed by atoms with van der Waals surface area (Å²) in [6.45, 7) is 2.50. The standard InChI is InChI=1S/C13H15N3O/c1-10(7-14)16(2)9-11-4-5-12(8-15)13(6-11)17-3/h4-6,10H,9H2,1-3H3. The van der Waals surface area contributed by atoms with Gasteiger partial charge in [-0.2, -0.15) is 10.5 Å². The summed E-state index contributed by atoms with van der Waals surface area (Å²) in [7, 11) is 3.43. The molecule has 0 fully saturated rings. The Morgan fingerprint density at radius 1 is 1.41 bits per heavy atom. The van der Waals surface area contributed by atoms with Crippen molar-refractivity contribution in [3.05, 3.63) is 29.3 Å². The monoisotopic (exact) mass is 229 g/mol. The lowest BCUT2D eigenvalue weighted by molar-refractivity contribution is 0.294. The van der Waals surface area contributed by atoms with E-state index in [2.05, 4.69) is 12.1 Å². The number of methoxy groups -OCH3 is 1. The Balaban J connectivity index is 2.88. The second kappa shape index (κ2) is 5.89. The molecule has 0 aliphatic carbocycles. The molecular weight excluding hydrogens is 214 g/mol. The third kappa shape index (κ3) is 3.21. The van der Waals surface area contributed by atoms with Gasteiger partial charge in [0.25, 0.3) is 0 Å². The van der Waals surface area contributed by atoms with E-state index in [1.807, 2.05) is 31.0 Å². The molecule has 88 valence electrons. The van der Waals surface area contributed by atoms with Gasteiger partial charge in [-0.1, -0.05) is 6.07 Å². The maximum atomic E-state index is 8.87. The van der Waals surface area contributed by atoms with Crippen LogP contribution in [0.2, 0.25) is 0 Å². The predicted molar refractivity (Wildman–Crippen MR) is 64.3 cm³/mol. The highest BCUT2D eigenvalue weighted by Crippen LogP contribution is 2.20. The molecule has 0 saturated heterocycles. The Morgan fingerprint density at radius 3 is 2.65 bits per heavy atom. The van der Waals surface area contributed by atoms with Crippen molar-refractivity contribution in [2.75, 3.05) is 14.2 Å². The molecule has 4 heteroatoms. The van der Waals surface area contributed by atoms with Gasteiger partial charge in [-0.25, -0.2) is 0 Å². The number of benzene rings is 1. The van der Waals surface area contributed by atoms with Crippen LogP contribution in [0.15, 0.2) is 18.2 Å². The van der Waals surface area contributed by atoms with Gasteiger partial charge in [0.1, 0.15) is 11.8 Å². The van der Waals surface area contributed by atoms with Gasteiger partial charge in [-0.15, -0.1) is 0 Å². The average Bonchev–Trinajstić information content (AvgIpc) is 2.37. The Kier molecular flexibility index (Phi) is 4.51. The summed E-state index contributed by atoms with van der Waals surface area (Å²) in [5, 5.41) is 17.7. The van der Waals surface area contributed by atoms with Crippen LogP contribution in [0.1, 0.15) is 18.1 Å². The molecule has 1 aromatic rings. The zero-order valence-corrected chi connectivity index (χ0v) is 10.3. The summed E-state index contributed by atoms with van der Waals surface area (Å²) in [5.74, 6) is 0.572. The summed E-state index contributed by atoms with van der Waals surface area (Å²) >= 11 is 0. The van der Waals surface area contributed by atoms with Gasteiger partial charge in [0.2, 0.25) is 0 Å². The molecule has 1 rings (SSSR count). The summed E-state index contributed by atoms with van der Waals surface area (Å²) in [6, 6.07) is 9.55. The van der Waals surface area contributed by atoms with Crippen LogP contribution in [0.25, 0.3) is 0 Å². The zero-order chi connectivity index (χ0) is 12.8. The minimum absolute atomic E-state index is 0.142. The van der Waals surface area contributed by atoms with Gasteiger partial charge >= 0.3 is 0 Å². The first kappa shape index (κ1) is 13.0. The second-order valence-electron chi connectivity index (χ2n) is 3.87. The first-order valence-electron chi connectivity index (χ1n) is 5.29. The number of nitrogens with zero attached hydrogens (tertiary/aromatic N) is 3. The number of rotatable bonds is 4. The number of nitriles is 2. The molecule has 1 atom stereocenters. The fourth-order valence-electron chi connectivity index (χ4n) is 1.45. The fourth-order valence-corrected chi connectivity index (χ4v) is 1.45. The highest BCUT2D eigenvalue weighted by molar-refractivity contribution is 5.45. The van der Waals surface area contributed by atoms with Gasteiger partial charge in [-0.3, -0.25) is 4.90 Å². The van der Waals surface area contributed by atoms with Crippen LogP contribution >= 0.6 is 0 Å². The molecular formula is C13H15N3O. The molecule has 17 heavy (non-hydrogen) atoms. The maximum Gasteiger partial charge on any atom is 0.136 e. The van der Waals surface area contributed by atoms with Gasteiger partial charge in [0.15, 0.2) is 0 Å². The van der Waals surface area contributed by atoms with Gasteiger partial charge < -0.3 is 4.74 Å². The topological polar surface area (TPSA) is 60.0 Å². The van der Waals surface area contributed by atoms with Crippen molar-refractivity contribution < 1.29 is 4.74 Å². The normalized spacial score (nSPS) is 11.6. The summed E-state index contributed by atoms with van der Waals surface area (Å²) in [5.41, 5.74) is 1.54. The highest BCUT2D eigenvalue weighted by atomic mass is 16.5. The molecule has 0 aromatic heterocycles. The molecule has 0 spiro atoms. The van der Waals surface area contributed by atoms with Crippen LogP contribution in [0.3, 0.4) is 0 Å². The quantitative estimate of drug-likeness (QED) is 0.791. The van der Waals surface area contributed by atoms with E-state index in [0.717, 1.165) is 5.56 Å².